The molecule has 1 aromatic rings. The van der Waals surface area contributed by atoms with Gasteiger partial charge >= 0.3 is 0 Å². The molecule has 0 aliphatic rings. The van der Waals surface area contributed by atoms with Crippen molar-refractivity contribution in [1.82, 2.24) is 0 Å². The Balaban J connectivity index is 2.10. The van der Waals surface area contributed by atoms with Gasteiger partial charge in [0.2, 0.25) is 0 Å². The molecule has 4 nitrogen and oxygen atoms in total. The monoisotopic (exact) mass is 282 g/mol. The van der Waals surface area contributed by atoms with E-state index < -0.39 is 0 Å². The minimum Gasteiger partial charge on any atom is -0.491 e. The van der Waals surface area contributed by atoms with Gasteiger partial charge in [0.1, 0.15) is 12.4 Å². The van der Waals surface area contributed by atoms with Gasteiger partial charge in [-0.25, -0.2) is 0 Å². The van der Waals surface area contributed by atoms with E-state index in [1.165, 1.54) is 5.56 Å². The van der Waals surface area contributed by atoms with Gasteiger partial charge in [0, 0.05) is 7.11 Å². The average molecular weight is 282 g/mol. The van der Waals surface area contributed by atoms with Crippen molar-refractivity contribution in [3.63, 3.8) is 0 Å². The van der Waals surface area contributed by atoms with Crippen LogP contribution in [0.4, 0.5) is 0 Å². The van der Waals surface area contributed by atoms with Crippen LogP contribution in [0.5, 0.6) is 5.75 Å². The molecule has 0 aromatic heterocycles. The first-order valence-electron chi connectivity index (χ1n) is 7.12. The summed E-state index contributed by atoms with van der Waals surface area (Å²) in [6, 6.07) is 8.13. The first-order chi connectivity index (χ1) is 9.75. The van der Waals surface area contributed by atoms with Crippen LogP contribution in [0.3, 0.4) is 0 Å². The molecular weight excluding hydrogens is 256 g/mol. The highest BCUT2D eigenvalue weighted by Gasteiger charge is 2.06. The minimum absolute atomic E-state index is 0.460. The molecule has 0 aliphatic carbocycles. The molecule has 0 radical (unpaired) electrons. The van der Waals surface area contributed by atoms with Crippen LogP contribution in [-0.2, 0) is 14.2 Å². The number of rotatable bonds is 11. The minimum atomic E-state index is 0.460. The van der Waals surface area contributed by atoms with Gasteiger partial charge in [-0.2, -0.15) is 0 Å². The van der Waals surface area contributed by atoms with Crippen LogP contribution in [0, 0.1) is 0 Å². The summed E-state index contributed by atoms with van der Waals surface area (Å²) < 4.78 is 21.4. The largest absolute Gasteiger partial charge is 0.491 e. The summed E-state index contributed by atoms with van der Waals surface area (Å²) in [5.41, 5.74) is 1.23. The Morgan fingerprint density at radius 3 is 2.10 bits per heavy atom. The summed E-state index contributed by atoms with van der Waals surface area (Å²) in [5, 5.41) is 0. The summed E-state index contributed by atoms with van der Waals surface area (Å²) in [4.78, 5) is 0. The standard InChI is InChI=1S/C16H26O4/c1-14(2)15-6-4-5-7-16(15)20-13-12-19-11-10-18-9-8-17-3/h4-7,14H,8-13H2,1-3H3. The molecule has 0 saturated heterocycles. The van der Waals surface area contributed by atoms with Crippen molar-refractivity contribution in [2.75, 3.05) is 46.8 Å². The van der Waals surface area contributed by atoms with Crippen LogP contribution < -0.4 is 4.74 Å². The van der Waals surface area contributed by atoms with Gasteiger partial charge in [-0.05, 0) is 17.5 Å². The topological polar surface area (TPSA) is 36.9 Å². The van der Waals surface area contributed by atoms with Gasteiger partial charge in [-0.3, -0.25) is 0 Å². The van der Waals surface area contributed by atoms with Crippen LogP contribution in [-0.4, -0.2) is 46.8 Å². The Hall–Kier alpha value is -1.10. The molecule has 0 bridgehead atoms. The van der Waals surface area contributed by atoms with E-state index in [0.717, 1.165) is 5.75 Å². The Labute approximate surface area is 122 Å². The summed E-state index contributed by atoms with van der Waals surface area (Å²) in [6.45, 7) is 7.85. The molecule has 0 spiro atoms. The Morgan fingerprint density at radius 2 is 1.45 bits per heavy atom. The molecule has 114 valence electrons. The molecule has 0 heterocycles. The lowest BCUT2D eigenvalue weighted by molar-refractivity contribution is 0.0179. The van der Waals surface area contributed by atoms with Crippen molar-refractivity contribution >= 4 is 0 Å². The predicted molar refractivity (Wildman–Crippen MR) is 79.5 cm³/mol. The van der Waals surface area contributed by atoms with Crippen molar-refractivity contribution in [1.29, 1.82) is 0 Å². The first-order valence-corrected chi connectivity index (χ1v) is 7.12. The van der Waals surface area contributed by atoms with E-state index in [0.29, 0.717) is 45.6 Å². The van der Waals surface area contributed by atoms with E-state index in [2.05, 4.69) is 19.9 Å². The van der Waals surface area contributed by atoms with Gasteiger partial charge in [0.05, 0.1) is 33.0 Å². The maximum Gasteiger partial charge on any atom is 0.122 e. The molecule has 0 saturated carbocycles. The highest BCUT2D eigenvalue weighted by atomic mass is 16.6. The zero-order valence-corrected chi connectivity index (χ0v) is 12.8. The van der Waals surface area contributed by atoms with Crippen molar-refractivity contribution < 1.29 is 18.9 Å². The maximum atomic E-state index is 5.76. The third kappa shape index (κ3) is 6.89. The number of ether oxygens (including phenoxy) is 4. The lowest BCUT2D eigenvalue weighted by atomic mass is 10.0. The van der Waals surface area contributed by atoms with E-state index in [1.807, 2.05) is 18.2 Å². The van der Waals surface area contributed by atoms with Crippen LogP contribution in [0.1, 0.15) is 25.3 Å². The van der Waals surface area contributed by atoms with Gasteiger partial charge < -0.3 is 18.9 Å². The highest BCUT2D eigenvalue weighted by Crippen LogP contribution is 2.25. The Bertz CT molecular complexity index is 352. The van der Waals surface area contributed by atoms with Crippen molar-refractivity contribution in [2.24, 2.45) is 0 Å². The second-order valence-electron chi connectivity index (χ2n) is 4.76. The Kier molecular flexibility index (Phi) is 9.04. The van der Waals surface area contributed by atoms with Gasteiger partial charge in [-0.15, -0.1) is 0 Å². The van der Waals surface area contributed by atoms with E-state index in [9.17, 15) is 0 Å². The first kappa shape index (κ1) is 17.0. The molecule has 0 N–H and O–H groups in total. The third-order valence-corrected chi connectivity index (χ3v) is 2.83. The number of para-hydroxylation sites is 1. The normalized spacial score (nSPS) is 11.0. The fraction of sp³-hybridized carbons (Fsp3) is 0.625. The van der Waals surface area contributed by atoms with Gasteiger partial charge in [0.15, 0.2) is 0 Å². The van der Waals surface area contributed by atoms with Gasteiger partial charge in [0.25, 0.3) is 0 Å². The summed E-state index contributed by atoms with van der Waals surface area (Å²) in [5.74, 6) is 1.41. The number of hydrogen-bond acceptors (Lipinski definition) is 4. The van der Waals surface area contributed by atoms with E-state index in [1.54, 1.807) is 7.11 Å². The zero-order valence-electron chi connectivity index (χ0n) is 12.8. The van der Waals surface area contributed by atoms with E-state index in [-0.39, 0.29) is 0 Å². The molecule has 1 rings (SSSR count). The average Bonchev–Trinajstić information content (AvgIpc) is 2.46. The number of methoxy groups -OCH3 is 1. The summed E-state index contributed by atoms with van der Waals surface area (Å²) in [6.07, 6.45) is 0. The fourth-order valence-corrected chi connectivity index (χ4v) is 1.76. The smallest absolute Gasteiger partial charge is 0.122 e. The molecule has 1 aromatic carbocycles. The molecule has 0 fully saturated rings. The quantitative estimate of drug-likeness (QED) is 0.585. The van der Waals surface area contributed by atoms with Crippen molar-refractivity contribution in [3.8, 4) is 5.75 Å². The molecular formula is C16H26O4. The lowest BCUT2D eigenvalue weighted by Crippen LogP contribution is -2.12. The van der Waals surface area contributed by atoms with Crippen molar-refractivity contribution in [2.45, 2.75) is 19.8 Å². The van der Waals surface area contributed by atoms with Gasteiger partial charge in [-0.1, -0.05) is 32.0 Å². The molecule has 20 heavy (non-hydrogen) atoms. The molecule has 0 aliphatic heterocycles. The maximum absolute atomic E-state index is 5.76. The van der Waals surface area contributed by atoms with E-state index in [4.69, 9.17) is 18.9 Å². The summed E-state index contributed by atoms with van der Waals surface area (Å²) >= 11 is 0. The molecule has 0 amide bonds. The molecule has 0 unspecified atom stereocenters. The van der Waals surface area contributed by atoms with Crippen LogP contribution in [0.15, 0.2) is 24.3 Å². The van der Waals surface area contributed by atoms with Crippen LogP contribution in [0.25, 0.3) is 0 Å². The number of benzene rings is 1. The second kappa shape index (κ2) is 10.7. The fourth-order valence-electron chi connectivity index (χ4n) is 1.76. The van der Waals surface area contributed by atoms with E-state index >= 15 is 0 Å². The molecule has 0 atom stereocenters. The zero-order chi connectivity index (χ0) is 14.6. The highest BCUT2D eigenvalue weighted by molar-refractivity contribution is 5.35. The van der Waals surface area contributed by atoms with Crippen LogP contribution in [0.2, 0.25) is 0 Å². The predicted octanol–water partition coefficient (Wildman–Crippen LogP) is 2.87. The number of hydrogen-bond donors (Lipinski definition) is 0. The molecule has 4 heteroatoms. The second-order valence-corrected chi connectivity index (χ2v) is 4.76. The third-order valence-electron chi connectivity index (χ3n) is 2.83. The lowest BCUT2D eigenvalue weighted by Gasteiger charge is -2.13. The van der Waals surface area contributed by atoms with Crippen molar-refractivity contribution in [3.05, 3.63) is 29.8 Å². The SMILES string of the molecule is COCCOCCOCCOc1ccccc1C(C)C. The van der Waals surface area contributed by atoms with Crippen LogP contribution >= 0.6 is 0 Å². The Morgan fingerprint density at radius 1 is 0.850 bits per heavy atom. The summed E-state index contributed by atoms with van der Waals surface area (Å²) in [7, 11) is 1.66.